The summed E-state index contributed by atoms with van der Waals surface area (Å²) >= 11 is 1.63. The molecule has 1 heterocycles. The van der Waals surface area contributed by atoms with E-state index in [2.05, 4.69) is 0 Å². The van der Waals surface area contributed by atoms with E-state index < -0.39 is 11.5 Å². The summed E-state index contributed by atoms with van der Waals surface area (Å²) in [5.41, 5.74) is -1.03. The van der Waals surface area contributed by atoms with E-state index in [-0.39, 0.29) is 11.3 Å². The van der Waals surface area contributed by atoms with Gasteiger partial charge in [-0.15, -0.1) is 0 Å². The third-order valence-electron chi connectivity index (χ3n) is 3.24. The van der Waals surface area contributed by atoms with Crippen molar-refractivity contribution < 1.29 is 14.7 Å². The number of carboxylic acids is 1. The second kappa shape index (κ2) is 5.08. The molecule has 1 amide bonds. The molecule has 1 N–H and O–H groups in total. The summed E-state index contributed by atoms with van der Waals surface area (Å²) in [6, 6.07) is -0.0882. The number of thioether (sulfide) groups is 1. The zero-order valence-corrected chi connectivity index (χ0v) is 10.8. The van der Waals surface area contributed by atoms with Gasteiger partial charge in [-0.1, -0.05) is 6.92 Å². The monoisotopic (exact) mass is 245 g/mol. The normalized spacial score (nSPS) is 30.1. The topological polar surface area (TPSA) is 57.6 Å². The van der Waals surface area contributed by atoms with Crippen LogP contribution in [-0.4, -0.2) is 45.0 Å². The summed E-state index contributed by atoms with van der Waals surface area (Å²) in [4.78, 5) is 24.2. The highest BCUT2D eigenvalue weighted by atomic mass is 32.2. The van der Waals surface area contributed by atoms with Crippen molar-refractivity contribution in [1.82, 2.24) is 4.90 Å². The Morgan fingerprint density at radius 3 is 2.62 bits per heavy atom. The van der Waals surface area contributed by atoms with E-state index in [9.17, 15) is 14.7 Å². The molecule has 1 aliphatic rings. The van der Waals surface area contributed by atoms with Gasteiger partial charge in [0, 0.05) is 11.3 Å². The third-order valence-corrected chi connectivity index (χ3v) is 4.66. The summed E-state index contributed by atoms with van der Waals surface area (Å²) < 4.78 is 0. The van der Waals surface area contributed by atoms with Crippen molar-refractivity contribution in [3.05, 3.63) is 0 Å². The van der Waals surface area contributed by atoms with Crippen LogP contribution in [0.15, 0.2) is 0 Å². The van der Waals surface area contributed by atoms with Gasteiger partial charge in [0.25, 0.3) is 0 Å². The van der Waals surface area contributed by atoms with Crippen molar-refractivity contribution >= 4 is 24.1 Å². The van der Waals surface area contributed by atoms with Crippen LogP contribution in [0, 0.1) is 0 Å². The summed E-state index contributed by atoms with van der Waals surface area (Å²) in [5, 5.41) is 9.43. The SMILES string of the molecule is CC(C)N(C=O)C1(C(=O)O)CCCSC1C. The highest BCUT2D eigenvalue weighted by Crippen LogP contribution is 2.39. The summed E-state index contributed by atoms with van der Waals surface area (Å²) in [6.07, 6.45) is 2.08. The van der Waals surface area contributed by atoms with Gasteiger partial charge >= 0.3 is 5.97 Å². The lowest BCUT2D eigenvalue weighted by atomic mass is 9.87. The molecule has 0 aliphatic carbocycles. The maximum absolute atomic E-state index is 11.6. The molecule has 1 fully saturated rings. The lowest BCUT2D eigenvalue weighted by Crippen LogP contribution is -2.63. The van der Waals surface area contributed by atoms with Crippen molar-refractivity contribution in [3.8, 4) is 0 Å². The van der Waals surface area contributed by atoms with Gasteiger partial charge in [0.2, 0.25) is 6.41 Å². The average Bonchev–Trinajstić information content (AvgIpc) is 2.21. The molecule has 2 unspecified atom stereocenters. The minimum Gasteiger partial charge on any atom is -0.479 e. The number of aliphatic carboxylic acids is 1. The van der Waals surface area contributed by atoms with Crippen molar-refractivity contribution in [3.63, 3.8) is 0 Å². The first-order valence-electron chi connectivity index (χ1n) is 5.55. The number of hydrogen-bond donors (Lipinski definition) is 1. The molecule has 1 aliphatic heterocycles. The molecule has 0 saturated carbocycles. The molecule has 4 nitrogen and oxygen atoms in total. The van der Waals surface area contributed by atoms with Crippen LogP contribution in [-0.2, 0) is 9.59 Å². The molecule has 1 rings (SSSR count). The fourth-order valence-corrected chi connectivity index (χ4v) is 3.63. The zero-order chi connectivity index (χ0) is 12.3. The van der Waals surface area contributed by atoms with Gasteiger partial charge in [0.15, 0.2) is 5.54 Å². The minimum absolute atomic E-state index is 0.0636. The second-order valence-electron chi connectivity index (χ2n) is 4.45. The fourth-order valence-electron chi connectivity index (χ4n) is 2.35. The van der Waals surface area contributed by atoms with E-state index in [4.69, 9.17) is 0 Å². The van der Waals surface area contributed by atoms with Crippen LogP contribution in [0.5, 0.6) is 0 Å². The van der Waals surface area contributed by atoms with Gasteiger partial charge in [0.05, 0.1) is 0 Å². The molecule has 0 aromatic heterocycles. The predicted octanol–water partition coefficient (Wildman–Crippen LogP) is 1.59. The Labute approximate surface area is 100 Å². The number of carbonyl (C=O) groups excluding carboxylic acids is 1. The smallest absolute Gasteiger partial charge is 0.330 e. The van der Waals surface area contributed by atoms with E-state index in [0.717, 1.165) is 12.2 Å². The molecule has 0 spiro atoms. The maximum Gasteiger partial charge on any atom is 0.330 e. The molecule has 0 bridgehead atoms. The molecule has 0 radical (unpaired) electrons. The first-order chi connectivity index (χ1) is 7.46. The van der Waals surface area contributed by atoms with Crippen LogP contribution in [0.25, 0.3) is 0 Å². The fraction of sp³-hybridized carbons (Fsp3) is 0.818. The first kappa shape index (κ1) is 13.4. The van der Waals surface area contributed by atoms with E-state index in [0.29, 0.717) is 12.8 Å². The van der Waals surface area contributed by atoms with Gasteiger partial charge in [0.1, 0.15) is 0 Å². The van der Waals surface area contributed by atoms with Crippen LogP contribution in [0.4, 0.5) is 0 Å². The summed E-state index contributed by atoms with van der Waals surface area (Å²) in [7, 11) is 0. The van der Waals surface area contributed by atoms with Gasteiger partial charge in [-0.2, -0.15) is 11.8 Å². The highest BCUT2D eigenvalue weighted by molar-refractivity contribution is 8.00. The highest BCUT2D eigenvalue weighted by Gasteiger charge is 2.50. The average molecular weight is 245 g/mol. The Hall–Kier alpha value is -0.710. The number of amides is 1. The Kier molecular flexibility index (Phi) is 4.24. The molecule has 92 valence electrons. The Balaban J connectivity index is 3.12. The van der Waals surface area contributed by atoms with E-state index in [1.54, 1.807) is 11.8 Å². The standard InChI is InChI=1S/C11H19NO3S/c1-8(2)12(7-13)11(10(14)15)5-4-6-16-9(11)3/h7-9H,4-6H2,1-3H3,(H,14,15). The maximum atomic E-state index is 11.6. The van der Waals surface area contributed by atoms with Crippen LogP contribution in [0.2, 0.25) is 0 Å². The number of carbonyl (C=O) groups is 2. The Bertz CT molecular complexity index is 282. The summed E-state index contributed by atoms with van der Waals surface area (Å²) in [6.45, 7) is 5.60. The quantitative estimate of drug-likeness (QED) is 0.764. The van der Waals surface area contributed by atoms with Gasteiger partial charge in [-0.05, 0) is 32.4 Å². The molecule has 16 heavy (non-hydrogen) atoms. The first-order valence-corrected chi connectivity index (χ1v) is 6.60. The number of nitrogens with zero attached hydrogens (tertiary/aromatic N) is 1. The Morgan fingerprint density at radius 1 is 1.62 bits per heavy atom. The van der Waals surface area contributed by atoms with Crippen molar-refractivity contribution in [2.45, 2.75) is 50.4 Å². The Morgan fingerprint density at radius 2 is 2.25 bits per heavy atom. The summed E-state index contributed by atoms with van der Waals surface area (Å²) in [5.74, 6) is 0.0917. The van der Waals surface area contributed by atoms with Crippen molar-refractivity contribution in [2.75, 3.05) is 5.75 Å². The van der Waals surface area contributed by atoms with Crippen molar-refractivity contribution in [2.24, 2.45) is 0 Å². The van der Waals surface area contributed by atoms with E-state index in [1.807, 2.05) is 20.8 Å². The van der Waals surface area contributed by atoms with E-state index in [1.165, 1.54) is 4.90 Å². The molecule has 0 aromatic carbocycles. The molecule has 5 heteroatoms. The van der Waals surface area contributed by atoms with Crippen molar-refractivity contribution in [1.29, 1.82) is 0 Å². The lowest BCUT2D eigenvalue weighted by molar-refractivity contribution is -0.157. The van der Waals surface area contributed by atoms with Gasteiger partial charge < -0.3 is 10.0 Å². The number of carboxylic acid groups (broad SMARTS) is 1. The van der Waals surface area contributed by atoms with Crippen LogP contribution >= 0.6 is 11.8 Å². The van der Waals surface area contributed by atoms with Crippen LogP contribution in [0.3, 0.4) is 0 Å². The minimum atomic E-state index is -1.03. The van der Waals surface area contributed by atoms with Gasteiger partial charge in [-0.3, -0.25) is 4.79 Å². The van der Waals surface area contributed by atoms with Gasteiger partial charge in [-0.25, -0.2) is 4.79 Å². The van der Waals surface area contributed by atoms with Crippen LogP contribution < -0.4 is 0 Å². The number of hydrogen-bond acceptors (Lipinski definition) is 3. The molecule has 1 saturated heterocycles. The largest absolute Gasteiger partial charge is 0.479 e. The second-order valence-corrected chi connectivity index (χ2v) is 5.90. The molecule has 2 atom stereocenters. The zero-order valence-electron chi connectivity index (χ0n) is 9.97. The third kappa shape index (κ3) is 2.05. The molecular formula is C11H19NO3S. The lowest BCUT2D eigenvalue weighted by Gasteiger charge is -2.46. The van der Waals surface area contributed by atoms with Crippen LogP contribution in [0.1, 0.15) is 33.6 Å². The van der Waals surface area contributed by atoms with E-state index >= 15 is 0 Å². The number of rotatable bonds is 4. The molecule has 0 aromatic rings. The predicted molar refractivity (Wildman–Crippen MR) is 64.6 cm³/mol. The molecular weight excluding hydrogens is 226 g/mol.